The fourth-order valence-corrected chi connectivity index (χ4v) is 6.92. The van der Waals surface area contributed by atoms with Crippen molar-refractivity contribution in [1.82, 2.24) is 14.8 Å². The highest BCUT2D eigenvalue weighted by Gasteiger charge is 2.67. The van der Waals surface area contributed by atoms with Gasteiger partial charge >= 0.3 is 5.97 Å². The van der Waals surface area contributed by atoms with Crippen molar-refractivity contribution < 1.29 is 19.1 Å². The zero-order valence-electron chi connectivity index (χ0n) is 20.3. The molecule has 1 aromatic rings. The van der Waals surface area contributed by atoms with Crippen molar-refractivity contribution in [2.24, 2.45) is 23.7 Å². The minimum atomic E-state index is -0.988. The Morgan fingerprint density at radius 3 is 2.53 bits per heavy atom. The van der Waals surface area contributed by atoms with Gasteiger partial charge in [0.1, 0.15) is 11.4 Å². The van der Waals surface area contributed by atoms with E-state index in [1.165, 1.54) is 11.8 Å². The van der Waals surface area contributed by atoms with Gasteiger partial charge in [0.15, 0.2) is 0 Å². The minimum absolute atomic E-state index is 0.0450. The Hall–Kier alpha value is -2.74. The van der Waals surface area contributed by atoms with Crippen LogP contribution >= 0.6 is 0 Å². The maximum absolute atomic E-state index is 13.5. The molecule has 182 valence electrons. The Morgan fingerprint density at radius 2 is 1.88 bits per heavy atom. The maximum atomic E-state index is 13.5. The molecule has 6 rings (SSSR count). The zero-order valence-corrected chi connectivity index (χ0v) is 20.3. The van der Waals surface area contributed by atoms with E-state index in [1.807, 2.05) is 37.4 Å². The number of aromatic nitrogens is 1. The van der Waals surface area contributed by atoms with E-state index in [1.54, 1.807) is 0 Å². The molecule has 1 saturated carbocycles. The molecule has 2 saturated heterocycles. The first-order chi connectivity index (χ1) is 16.3. The molecule has 3 unspecified atom stereocenters. The quantitative estimate of drug-likeness (QED) is 0.361. The van der Waals surface area contributed by atoms with Crippen molar-refractivity contribution in [2.45, 2.75) is 39.2 Å². The number of piperazine rings is 1. The van der Waals surface area contributed by atoms with Gasteiger partial charge in [-0.25, -0.2) is 4.98 Å². The molecule has 5 atom stereocenters. The number of allylic oxidation sites excluding steroid dienone is 1. The van der Waals surface area contributed by atoms with Crippen LogP contribution in [0.1, 0.15) is 33.6 Å². The van der Waals surface area contributed by atoms with Crippen LogP contribution in [-0.2, 0) is 19.1 Å². The van der Waals surface area contributed by atoms with Crippen LogP contribution < -0.4 is 4.90 Å². The number of anilines is 1. The summed E-state index contributed by atoms with van der Waals surface area (Å²) in [5.74, 6) is -0.418. The first-order valence-electron chi connectivity index (χ1n) is 12.4. The Morgan fingerprint density at radius 1 is 1.12 bits per heavy atom. The van der Waals surface area contributed by atoms with Crippen LogP contribution in [0.4, 0.5) is 5.82 Å². The van der Waals surface area contributed by atoms with E-state index in [-0.39, 0.29) is 23.7 Å². The van der Waals surface area contributed by atoms with Gasteiger partial charge in [-0.15, -0.1) is 0 Å². The number of hydrogen-bond acceptors (Lipinski definition) is 7. The lowest BCUT2D eigenvalue weighted by Gasteiger charge is -2.52. The summed E-state index contributed by atoms with van der Waals surface area (Å²) in [6.07, 6.45) is 5.12. The molecule has 0 spiro atoms. The van der Waals surface area contributed by atoms with Crippen molar-refractivity contribution in [1.29, 1.82) is 0 Å². The molecule has 2 amide bonds. The Balaban J connectivity index is 1.21. The van der Waals surface area contributed by atoms with Gasteiger partial charge < -0.3 is 9.64 Å². The van der Waals surface area contributed by atoms with Gasteiger partial charge in [0.25, 0.3) is 0 Å². The van der Waals surface area contributed by atoms with E-state index in [2.05, 4.69) is 21.7 Å². The van der Waals surface area contributed by atoms with Crippen LogP contribution in [0, 0.1) is 23.7 Å². The SMILES string of the molecule is CC(=O)O[C@]12C=C(C)[C@H](C(C)C1)C1C(=O)N(CCCN3CCN(c4ccccn4)CC3)C(=O)C12. The molecule has 34 heavy (non-hydrogen) atoms. The third kappa shape index (κ3) is 3.82. The Labute approximate surface area is 200 Å². The molecule has 3 aliphatic carbocycles. The van der Waals surface area contributed by atoms with Crippen molar-refractivity contribution >= 4 is 23.6 Å². The van der Waals surface area contributed by atoms with Crippen LogP contribution in [0.2, 0.25) is 0 Å². The molecule has 0 N–H and O–H groups in total. The number of nitrogens with zero attached hydrogens (tertiary/aromatic N) is 4. The number of rotatable bonds is 6. The fourth-order valence-electron chi connectivity index (χ4n) is 6.92. The number of amides is 2. The second-order valence-electron chi connectivity index (χ2n) is 10.3. The predicted octanol–water partition coefficient (Wildman–Crippen LogP) is 2.11. The molecule has 3 fully saturated rings. The summed E-state index contributed by atoms with van der Waals surface area (Å²) >= 11 is 0. The highest BCUT2D eigenvalue weighted by atomic mass is 16.6. The summed E-state index contributed by atoms with van der Waals surface area (Å²) in [6.45, 7) is 10.4. The lowest BCUT2D eigenvalue weighted by Crippen LogP contribution is -2.57. The summed E-state index contributed by atoms with van der Waals surface area (Å²) in [5.41, 5.74) is 0.0768. The van der Waals surface area contributed by atoms with Gasteiger partial charge in [0.2, 0.25) is 11.8 Å². The largest absolute Gasteiger partial charge is 0.454 e. The van der Waals surface area contributed by atoms with E-state index in [4.69, 9.17) is 4.74 Å². The van der Waals surface area contributed by atoms with E-state index in [9.17, 15) is 14.4 Å². The van der Waals surface area contributed by atoms with Gasteiger partial charge in [-0.3, -0.25) is 24.2 Å². The molecular formula is C26H34N4O4. The number of carbonyl (C=O) groups is 3. The lowest BCUT2D eigenvalue weighted by atomic mass is 9.54. The van der Waals surface area contributed by atoms with Crippen LogP contribution in [0.15, 0.2) is 36.0 Å². The van der Waals surface area contributed by atoms with Crippen molar-refractivity contribution in [3.05, 3.63) is 36.0 Å². The minimum Gasteiger partial charge on any atom is -0.454 e. The van der Waals surface area contributed by atoms with Gasteiger partial charge in [0, 0.05) is 45.8 Å². The van der Waals surface area contributed by atoms with Gasteiger partial charge in [-0.2, -0.15) is 0 Å². The van der Waals surface area contributed by atoms with E-state index < -0.39 is 23.4 Å². The molecular weight excluding hydrogens is 432 g/mol. The number of pyridine rings is 1. The standard InChI is InChI=1S/C26H34N4O4/c1-17-15-26(34-19(3)31)16-18(2)21(17)22-23(26)25(33)30(24(22)32)10-6-9-28-11-13-29(14-12-28)20-7-4-5-8-27-20/h4-5,7-8,15,18,21-23H,6,9-14,16H2,1-3H3/t18?,21-,22?,23?,26-/m1/s1. The molecule has 5 aliphatic rings. The molecule has 2 aliphatic heterocycles. The predicted molar refractivity (Wildman–Crippen MR) is 127 cm³/mol. The lowest BCUT2D eigenvalue weighted by molar-refractivity contribution is -0.173. The van der Waals surface area contributed by atoms with Gasteiger partial charge in [-0.1, -0.05) is 18.6 Å². The maximum Gasteiger partial charge on any atom is 0.303 e. The summed E-state index contributed by atoms with van der Waals surface area (Å²) in [4.78, 5) is 49.4. The zero-order chi connectivity index (χ0) is 24.0. The first-order valence-corrected chi connectivity index (χ1v) is 12.4. The summed E-state index contributed by atoms with van der Waals surface area (Å²) in [6, 6.07) is 5.97. The Kier molecular flexibility index (Phi) is 5.96. The van der Waals surface area contributed by atoms with Crippen molar-refractivity contribution in [3.63, 3.8) is 0 Å². The average molecular weight is 467 g/mol. The second kappa shape index (κ2) is 8.80. The monoisotopic (exact) mass is 466 g/mol. The third-order valence-electron chi connectivity index (χ3n) is 8.14. The molecule has 8 heteroatoms. The molecule has 8 nitrogen and oxygen atoms in total. The van der Waals surface area contributed by atoms with Gasteiger partial charge in [0.05, 0.1) is 11.8 Å². The number of carbonyl (C=O) groups excluding carboxylic acids is 3. The summed E-state index contributed by atoms with van der Waals surface area (Å²) in [7, 11) is 0. The molecule has 1 aromatic heterocycles. The molecule has 3 heterocycles. The topological polar surface area (TPSA) is 83.1 Å². The van der Waals surface area contributed by atoms with Crippen molar-refractivity contribution in [3.8, 4) is 0 Å². The van der Waals surface area contributed by atoms with Crippen LogP contribution in [-0.4, -0.2) is 77.4 Å². The first kappa shape index (κ1) is 23.0. The highest BCUT2D eigenvalue weighted by Crippen LogP contribution is 2.58. The fraction of sp³-hybridized carbons (Fsp3) is 0.615. The highest BCUT2D eigenvalue weighted by molar-refractivity contribution is 6.07. The van der Waals surface area contributed by atoms with Crippen LogP contribution in [0.3, 0.4) is 0 Å². The number of hydrogen-bond donors (Lipinski definition) is 0. The molecule has 0 aromatic carbocycles. The Bertz CT molecular complexity index is 1000. The number of fused-ring (bicyclic) bond motifs is 1. The molecule has 0 radical (unpaired) electrons. The van der Waals surface area contributed by atoms with E-state index >= 15 is 0 Å². The number of imide groups is 1. The van der Waals surface area contributed by atoms with E-state index in [0.717, 1.165) is 50.5 Å². The summed E-state index contributed by atoms with van der Waals surface area (Å²) in [5, 5.41) is 0. The smallest absolute Gasteiger partial charge is 0.303 e. The number of ether oxygens (including phenoxy) is 1. The number of likely N-dealkylation sites (tertiary alicyclic amines) is 1. The average Bonchev–Trinajstić information content (AvgIpc) is 3.05. The third-order valence-corrected chi connectivity index (χ3v) is 8.14. The van der Waals surface area contributed by atoms with Crippen molar-refractivity contribution in [2.75, 3.05) is 44.2 Å². The second-order valence-corrected chi connectivity index (χ2v) is 10.3. The van der Waals surface area contributed by atoms with Crippen LogP contribution in [0.25, 0.3) is 0 Å². The van der Waals surface area contributed by atoms with Gasteiger partial charge in [-0.05, 0) is 56.4 Å². The van der Waals surface area contributed by atoms with E-state index in [0.29, 0.717) is 13.0 Å². The normalized spacial score (nSPS) is 33.2. The number of esters is 1. The molecule has 2 bridgehead atoms. The summed E-state index contributed by atoms with van der Waals surface area (Å²) < 4.78 is 5.80. The van der Waals surface area contributed by atoms with Crippen LogP contribution in [0.5, 0.6) is 0 Å².